The first kappa shape index (κ1) is 52.0. The monoisotopic (exact) mass is 772 g/mol. The lowest BCUT2D eigenvalue weighted by Gasteiger charge is -2.20. The smallest absolute Gasteiger partial charge is 0.457 e. The third kappa shape index (κ3) is 42.0. The maximum atomic E-state index is 12.6. The van der Waals surface area contributed by atoms with Crippen molar-refractivity contribution >= 4 is 13.8 Å². The van der Waals surface area contributed by atoms with Crippen LogP contribution >= 0.6 is 7.82 Å². The van der Waals surface area contributed by atoms with E-state index in [0.717, 1.165) is 38.5 Å². The van der Waals surface area contributed by atoms with Crippen molar-refractivity contribution in [3.8, 4) is 0 Å². The minimum absolute atomic E-state index is 0.0942. The molecule has 53 heavy (non-hydrogen) atoms. The van der Waals surface area contributed by atoms with Crippen molar-refractivity contribution in [2.75, 3.05) is 33.0 Å². The SMILES string of the molecule is CCCCCCC/C=C\C/C=C\CCCCCCCCCCCC(=O)OC(COCCCCCCCCCCCCCCC)COP(=O)(O)OCCN. The van der Waals surface area contributed by atoms with Crippen molar-refractivity contribution in [1.82, 2.24) is 0 Å². The van der Waals surface area contributed by atoms with Gasteiger partial charge in [-0.2, -0.15) is 0 Å². The fourth-order valence-electron chi connectivity index (χ4n) is 6.32. The minimum atomic E-state index is -4.27. The van der Waals surface area contributed by atoms with Gasteiger partial charge in [-0.3, -0.25) is 13.8 Å². The van der Waals surface area contributed by atoms with E-state index in [-0.39, 0.29) is 32.3 Å². The Morgan fingerprint density at radius 3 is 1.47 bits per heavy atom. The zero-order valence-electron chi connectivity index (χ0n) is 34.8. The molecule has 0 radical (unpaired) electrons. The summed E-state index contributed by atoms with van der Waals surface area (Å²) in [6, 6.07) is 0. The van der Waals surface area contributed by atoms with Crippen LogP contribution in [0.15, 0.2) is 24.3 Å². The molecular formula is C44H86NO7P. The number of nitrogens with two attached hydrogens (primary N) is 1. The molecule has 0 heterocycles. The molecule has 0 aromatic rings. The molecule has 0 aliphatic rings. The first-order valence-corrected chi connectivity index (χ1v) is 23.8. The molecule has 0 aliphatic carbocycles. The summed E-state index contributed by atoms with van der Waals surface area (Å²) in [5.41, 5.74) is 5.37. The Morgan fingerprint density at radius 1 is 0.566 bits per heavy atom. The van der Waals surface area contributed by atoms with Gasteiger partial charge in [-0.1, -0.05) is 186 Å². The number of rotatable bonds is 43. The van der Waals surface area contributed by atoms with Crippen LogP contribution < -0.4 is 5.73 Å². The summed E-state index contributed by atoms with van der Waals surface area (Å²) in [4.78, 5) is 22.5. The van der Waals surface area contributed by atoms with Crippen LogP contribution in [0.1, 0.15) is 213 Å². The van der Waals surface area contributed by atoms with E-state index in [1.54, 1.807) is 0 Å². The summed E-state index contributed by atoms with van der Waals surface area (Å²) < 4.78 is 33.4. The second-order valence-electron chi connectivity index (χ2n) is 14.9. The predicted molar refractivity (Wildman–Crippen MR) is 224 cm³/mol. The number of unbranched alkanes of at least 4 members (excludes halogenated alkanes) is 26. The summed E-state index contributed by atoms with van der Waals surface area (Å²) in [6.07, 6.45) is 46.2. The molecular weight excluding hydrogens is 685 g/mol. The molecule has 0 aromatic heterocycles. The Morgan fingerprint density at radius 2 is 1.00 bits per heavy atom. The fourth-order valence-corrected chi connectivity index (χ4v) is 7.09. The molecule has 9 heteroatoms. The number of carbonyl (C=O) groups is 1. The Hall–Kier alpha value is -1.02. The van der Waals surface area contributed by atoms with Crippen LogP contribution in [0.5, 0.6) is 0 Å². The second-order valence-corrected chi connectivity index (χ2v) is 16.4. The number of phosphoric ester groups is 1. The van der Waals surface area contributed by atoms with E-state index in [1.807, 2.05) is 0 Å². The molecule has 0 aliphatic heterocycles. The van der Waals surface area contributed by atoms with Crippen molar-refractivity contribution in [1.29, 1.82) is 0 Å². The maximum Gasteiger partial charge on any atom is 0.472 e. The van der Waals surface area contributed by atoms with E-state index in [4.69, 9.17) is 24.3 Å². The molecule has 0 saturated heterocycles. The lowest BCUT2D eigenvalue weighted by molar-refractivity contribution is -0.154. The van der Waals surface area contributed by atoms with Crippen LogP contribution in [0.3, 0.4) is 0 Å². The van der Waals surface area contributed by atoms with Gasteiger partial charge < -0.3 is 20.1 Å². The Kier molecular flexibility index (Phi) is 41.3. The number of carbonyl (C=O) groups excluding carboxylic acids is 1. The Bertz CT molecular complexity index is 869. The van der Waals surface area contributed by atoms with E-state index < -0.39 is 13.9 Å². The Balaban J connectivity index is 3.98. The lowest BCUT2D eigenvalue weighted by Crippen LogP contribution is -2.28. The molecule has 314 valence electrons. The van der Waals surface area contributed by atoms with Gasteiger partial charge in [-0.25, -0.2) is 4.57 Å². The number of allylic oxidation sites excluding steroid dienone is 4. The van der Waals surface area contributed by atoms with Crippen molar-refractivity contribution < 1.29 is 32.8 Å². The van der Waals surface area contributed by atoms with E-state index in [2.05, 4.69) is 38.2 Å². The van der Waals surface area contributed by atoms with Crippen molar-refractivity contribution in [2.45, 2.75) is 219 Å². The fraction of sp³-hybridized carbons (Fsp3) is 0.886. The molecule has 0 aromatic carbocycles. The molecule has 3 N–H and O–H groups in total. The number of ether oxygens (including phenoxy) is 2. The third-order valence-corrected chi connectivity index (χ3v) is 10.6. The van der Waals surface area contributed by atoms with Gasteiger partial charge in [0.15, 0.2) is 0 Å². The third-order valence-electron chi connectivity index (χ3n) is 9.62. The molecule has 2 unspecified atom stereocenters. The highest BCUT2D eigenvalue weighted by atomic mass is 31.2. The highest BCUT2D eigenvalue weighted by Crippen LogP contribution is 2.43. The van der Waals surface area contributed by atoms with Crippen molar-refractivity contribution in [2.24, 2.45) is 5.73 Å². The van der Waals surface area contributed by atoms with Gasteiger partial charge in [0.2, 0.25) is 0 Å². The van der Waals surface area contributed by atoms with Gasteiger partial charge in [0, 0.05) is 19.6 Å². The highest BCUT2D eigenvalue weighted by Gasteiger charge is 2.25. The topological polar surface area (TPSA) is 117 Å². The molecule has 0 rings (SSSR count). The van der Waals surface area contributed by atoms with Gasteiger partial charge in [-0.15, -0.1) is 0 Å². The molecule has 8 nitrogen and oxygen atoms in total. The van der Waals surface area contributed by atoms with Crippen LogP contribution in [-0.2, 0) is 27.9 Å². The van der Waals surface area contributed by atoms with E-state index in [9.17, 15) is 14.3 Å². The maximum absolute atomic E-state index is 12.6. The van der Waals surface area contributed by atoms with Crippen molar-refractivity contribution in [3.63, 3.8) is 0 Å². The molecule has 0 saturated carbocycles. The van der Waals surface area contributed by atoms with Gasteiger partial charge in [0.1, 0.15) is 6.10 Å². The molecule has 0 spiro atoms. The average Bonchev–Trinajstić information content (AvgIpc) is 3.15. The highest BCUT2D eigenvalue weighted by molar-refractivity contribution is 7.47. The predicted octanol–water partition coefficient (Wildman–Crippen LogP) is 13.3. The minimum Gasteiger partial charge on any atom is -0.457 e. The summed E-state index contributed by atoms with van der Waals surface area (Å²) >= 11 is 0. The molecule has 2 atom stereocenters. The lowest BCUT2D eigenvalue weighted by atomic mass is 10.0. The zero-order valence-corrected chi connectivity index (χ0v) is 35.7. The summed E-state index contributed by atoms with van der Waals surface area (Å²) in [6.45, 7) is 4.94. The van der Waals surface area contributed by atoms with Gasteiger partial charge >= 0.3 is 13.8 Å². The number of phosphoric acid groups is 1. The van der Waals surface area contributed by atoms with Crippen LogP contribution in [0.2, 0.25) is 0 Å². The van der Waals surface area contributed by atoms with E-state index in [0.29, 0.717) is 13.0 Å². The first-order valence-electron chi connectivity index (χ1n) is 22.3. The van der Waals surface area contributed by atoms with Gasteiger partial charge in [-0.05, 0) is 44.9 Å². The normalized spacial score (nSPS) is 13.7. The number of hydrogen-bond donors (Lipinski definition) is 2. The molecule has 0 amide bonds. The summed E-state index contributed by atoms with van der Waals surface area (Å²) in [5, 5.41) is 0. The standard InChI is InChI=1S/C44H86NO7P/c1-3-5-7-9-11-13-15-17-18-19-20-21-22-23-24-25-27-29-31-33-35-37-44(46)52-43(42-51-53(47,48)50-40-38-45)41-49-39-36-34-32-30-28-26-16-14-12-10-8-6-4-2/h15,17,19-20,43H,3-14,16,18,21-42,45H2,1-2H3,(H,47,48)/b17-15-,20-19-. The zero-order chi connectivity index (χ0) is 38.8. The molecule has 0 fully saturated rings. The molecule has 0 bridgehead atoms. The number of esters is 1. The van der Waals surface area contributed by atoms with Crippen molar-refractivity contribution in [3.05, 3.63) is 24.3 Å². The largest absolute Gasteiger partial charge is 0.472 e. The summed E-state index contributed by atoms with van der Waals surface area (Å²) in [5.74, 6) is -0.332. The van der Waals surface area contributed by atoms with Gasteiger partial charge in [0.25, 0.3) is 0 Å². The average molecular weight is 772 g/mol. The van der Waals surface area contributed by atoms with Crippen LogP contribution in [-0.4, -0.2) is 49.9 Å². The Labute approximate surface area is 327 Å². The van der Waals surface area contributed by atoms with Gasteiger partial charge in [0.05, 0.1) is 19.8 Å². The van der Waals surface area contributed by atoms with Crippen LogP contribution in [0.25, 0.3) is 0 Å². The van der Waals surface area contributed by atoms with E-state index in [1.165, 1.54) is 154 Å². The second kappa shape index (κ2) is 42.1. The van der Waals surface area contributed by atoms with Crippen LogP contribution in [0, 0.1) is 0 Å². The number of hydrogen-bond acceptors (Lipinski definition) is 7. The summed E-state index contributed by atoms with van der Waals surface area (Å²) in [7, 11) is -4.27. The first-order chi connectivity index (χ1) is 25.9. The van der Waals surface area contributed by atoms with Crippen LogP contribution in [0.4, 0.5) is 0 Å². The van der Waals surface area contributed by atoms with E-state index >= 15 is 0 Å². The quantitative estimate of drug-likeness (QED) is 0.0272.